The molecule has 0 unspecified atom stereocenters. The number of nitrogens with two attached hydrogens (primary N) is 1. The van der Waals surface area contributed by atoms with Gasteiger partial charge in [0.25, 0.3) is 0 Å². The molecule has 0 radical (unpaired) electrons. The van der Waals surface area contributed by atoms with E-state index in [1.54, 1.807) is 25.1 Å². The molecule has 4 heteroatoms. The summed E-state index contributed by atoms with van der Waals surface area (Å²) >= 11 is 0. The fraction of sp³-hybridized carbons (Fsp3) is 0.167. The zero-order chi connectivity index (χ0) is 12.0. The van der Waals surface area contributed by atoms with Gasteiger partial charge in [-0.15, -0.1) is 0 Å². The lowest BCUT2D eigenvalue weighted by atomic mass is 10.1. The summed E-state index contributed by atoms with van der Waals surface area (Å²) in [4.78, 5) is 21.8. The van der Waals surface area contributed by atoms with E-state index in [0.29, 0.717) is 11.1 Å². The minimum absolute atomic E-state index is 0.287. The third kappa shape index (κ3) is 3.46. The van der Waals surface area contributed by atoms with Crippen molar-refractivity contribution in [2.24, 2.45) is 5.73 Å². The molecule has 0 spiro atoms. The van der Waals surface area contributed by atoms with E-state index in [4.69, 9.17) is 5.73 Å². The van der Waals surface area contributed by atoms with Crippen LogP contribution in [0, 0.1) is 11.8 Å². The normalized spacial score (nSPS) is 8.81. The predicted octanol–water partition coefficient (Wildman–Crippen LogP) is 0.700. The molecule has 0 aliphatic rings. The summed E-state index contributed by atoms with van der Waals surface area (Å²) in [6.07, 6.45) is 0. The molecule has 0 heterocycles. The van der Waals surface area contributed by atoms with E-state index in [1.165, 1.54) is 6.07 Å². The molecule has 0 fully saturated rings. The minimum atomic E-state index is -0.591. The smallest absolute Gasteiger partial charge is 0.384 e. The maximum Gasteiger partial charge on any atom is 0.384 e. The van der Waals surface area contributed by atoms with Crippen LogP contribution in [0.3, 0.4) is 0 Å². The number of primary amides is 1. The highest BCUT2D eigenvalue weighted by Gasteiger charge is 1.99. The molecular formula is C12H11NO3. The molecule has 1 rings (SSSR count). The van der Waals surface area contributed by atoms with Gasteiger partial charge in [0.05, 0.1) is 6.61 Å². The molecule has 2 N–H and O–H groups in total. The molecule has 0 aliphatic carbocycles. The Kier molecular flexibility index (Phi) is 4.10. The second-order valence-corrected chi connectivity index (χ2v) is 2.92. The lowest BCUT2D eigenvalue weighted by molar-refractivity contribution is -0.136. The monoisotopic (exact) mass is 217 g/mol. The molecule has 1 aromatic rings. The largest absolute Gasteiger partial charge is 0.456 e. The predicted molar refractivity (Wildman–Crippen MR) is 58.5 cm³/mol. The number of amides is 1. The highest BCUT2D eigenvalue weighted by molar-refractivity contribution is 5.93. The molecule has 0 saturated heterocycles. The van der Waals surface area contributed by atoms with Crippen molar-refractivity contribution in [1.29, 1.82) is 0 Å². The number of carbonyl (C=O) groups is 2. The number of hydrogen-bond acceptors (Lipinski definition) is 3. The van der Waals surface area contributed by atoms with E-state index in [-0.39, 0.29) is 6.61 Å². The summed E-state index contributed by atoms with van der Waals surface area (Å²) in [5, 5.41) is 0. The van der Waals surface area contributed by atoms with Crippen LogP contribution in [0.4, 0.5) is 0 Å². The van der Waals surface area contributed by atoms with Gasteiger partial charge in [-0.05, 0) is 25.1 Å². The van der Waals surface area contributed by atoms with Crippen molar-refractivity contribution in [2.45, 2.75) is 6.92 Å². The van der Waals surface area contributed by atoms with Crippen molar-refractivity contribution >= 4 is 11.9 Å². The van der Waals surface area contributed by atoms with Gasteiger partial charge in [-0.1, -0.05) is 12.0 Å². The van der Waals surface area contributed by atoms with E-state index in [2.05, 4.69) is 16.6 Å². The van der Waals surface area contributed by atoms with Gasteiger partial charge < -0.3 is 10.5 Å². The molecule has 0 aromatic heterocycles. The van der Waals surface area contributed by atoms with Crippen LogP contribution in [-0.4, -0.2) is 18.5 Å². The lowest BCUT2D eigenvalue weighted by Crippen LogP contribution is -2.10. The zero-order valence-electron chi connectivity index (χ0n) is 8.82. The van der Waals surface area contributed by atoms with E-state index in [1.807, 2.05) is 0 Å². The van der Waals surface area contributed by atoms with E-state index < -0.39 is 11.9 Å². The Morgan fingerprint density at radius 1 is 1.44 bits per heavy atom. The third-order valence-corrected chi connectivity index (χ3v) is 1.73. The summed E-state index contributed by atoms with van der Waals surface area (Å²) in [5.41, 5.74) is 6.01. The summed E-state index contributed by atoms with van der Waals surface area (Å²) in [6.45, 7) is 1.99. The Hall–Kier alpha value is -2.28. The fourth-order valence-corrected chi connectivity index (χ4v) is 1.04. The van der Waals surface area contributed by atoms with Crippen LogP contribution >= 0.6 is 0 Å². The molecular weight excluding hydrogens is 206 g/mol. The average molecular weight is 217 g/mol. The zero-order valence-corrected chi connectivity index (χ0v) is 8.82. The molecule has 1 aromatic carbocycles. The van der Waals surface area contributed by atoms with Crippen LogP contribution in [0.25, 0.3) is 0 Å². The standard InChI is InChI=1S/C12H11NO3/c1-2-16-11(14)7-6-9-4-3-5-10(8-9)12(13)15/h3-5,8H,2H2,1H3,(H2,13,15). The van der Waals surface area contributed by atoms with Gasteiger partial charge in [-0.3, -0.25) is 4.79 Å². The molecule has 0 bridgehead atoms. The van der Waals surface area contributed by atoms with Gasteiger partial charge in [0.2, 0.25) is 5.91 Å². The highest BCUT2D eigenvalue weighted by atomic mass is 16.5. The van der Waals surface area contributed by atoms with Crippen LogP contribution in [0.5, 0.6) is 0 Å². The Morgan fingerprint density at radius 3 is 2.81 bits per heavy atom. The first-order valence-electron chi connectivity index (χ1n) is 4.72. The van der Waals surface area contributed by atoms with Gasteiger partial charge >= 0.3 is 5.97 Å². The lowest BCUT2D eigenvalue weighted by Gasteiger charge is -1.95. The van der Waals surface area contributed by atoms with Gasteiger partial charge in [0, 0.05) is 17.0 Å². The van der Waals surface area contributed by atoms with Crippen LogP contribution in [-0.2, 0) is 9.53 Å². The molecule has 0 atom stereocenters. The van der Waals surface area contributed by atoms with Crippen molar-refractivity contribution in [3.05, 3.63) is 35.4 Å². The molecule has 0 saturated carbocycles. The quantitative estimate of drug-likeness (QED) is 0.585. The number of hydrogen-bond donors (Lipinski definition) is 1. The molecule has 4 nitrogen and oxygen atoms in total. The topological polar surface area (TPSA) is 69.4 Å². The number of carbonyl (C=O) groups excluding carboxylic acids is 2. The second kappa shape index (κ2) is 5.56. The Balaban J connectivity index is 2.85. The second-order valence-electron chi connectivity index (χ2n) is 2.92. The van der Waals surface area contributed by atoms with Crippen molar-refractivity contribution in [1.82, 2.24) is 0 Å². The summed E-state index contributed by atoms with van der Waals surface area (Å²) in [6, 6.07) is 6.43. The van der Waals surface area contributed by atoms with Crippen LogP contribution < -0.4 is 5.73 Å². The van der Waals surface area contributed by atoms with Crippen molar-refractivity contribution in [3.63, 3.8) is 0 Å². The fourth-order valence-electron chi connectivity index (χ4n) is 1.04. The highest BCUT2D eigenvalue weighted by Crippen LogP contribution is 2.02. The van der Waals surface area contributed by atoms with E-state index >= 15 is 0 Å². The summed E-state index contributed by atoms with van der Waals surface area (Å²) in [7, 11) is 0. The molecule has 82 valence electrons. The number of ether oxygens (including phenoxy) is 1. The Bertz CT molecular complexity index is 469. The van der Waals surface area contributed by atoms with Crippen LogP contribution in [0.2, 0.25) is 0 Å². The first-order chi connectivity index (χ1) is 7.63. The first kappa shape index (κ1) is 11.8. The summed E-state index contributed by atoms with van der Waals surface area (Å²) < 4.78 is 4.64. The molecule has 16 heavy (non-hydrogen) atoms. The van der Waals surface area contributed by atoms with Gasteiger partial charge in [0.1, 0.15) is 0 Å². The third-order valence-electron chi connectivity index (χ3n) is 1.73. The van der Waals surface area contributed by atoms with Gasteiger partial charge in [-0.2, -0.15) is 0 Å². The van der Waals surface area contributed by atoms with Gasteiger partial charge in [-0.25, -0.2) is 4.79 Å². The van der Waals surface area contributed by atoms with Crippen LogP contribution in [0.1, 0.15) is 22.8 Å². The minimum Gasteiger partial charge on any atom is -0.456 e. The van der Waals surface area contributed by atoms with E-state index in [9.17, 15) is 9.59 Å². The number of esters is 1. The first-order valence-corrected chi connectivity index (χ1v) is 4.72. The van der Waals surface area contributed by atoms with Crippen molar-refractivity contribution in [3.8, 4) is 11.8 Å². The maximum atomic E-state index is 10.9. The number of benzene rings is 1. The van der Waals surface area contributed by atoms with Gasteiger partial charge in [0.15, 0.2) is 0 Å². The molecule has 0 aliphatic heterocycles. The Labute approximate surface area is 93.4 Å². The average Bonchev–Trinajstić information content (AvgIpc) is 2.27. The van der Waals surface area contributed by atoms with Crippen LogP contribution in [0.15, 0.2) is 24.3 Å². The maximum absolute atomic E-state index is 10.9. The molecule has 1 amide bonds. The SMILES string of the molecule is CCOC(=O)C#Cc1cccc(C(N)=O)c1. The van der Waals surface area contributed by atoms with Crippen molar-refractivity contribution < 1.29 is 14.3 Å². The summed E-state index contributed by atoms with van der Waals surface area (Å²) in [5.74, 6) is 3.78. The van der Waals surface area contributed by atoms with Crippen molar-refractivity contribution in [2.75, 3.05) is 6.61 Å². The Morgan fingerprint density at radius 2 is 2.19 bits per heavy atom. The van der Waals surface area contributed by atoms with E-state index in [0.717, 1.165) is 0 Å². The number of rotatable bonds is 2.